The van der Waals surface area contributed by atoms with E-state index in [1.807, 2.05) is 35.0 Å². The molecule has 2 heterocycles. The number of benzene rings is 2. The normalized spacial score (nSPS) is 11.4. The van der Waals surface area contributed by atoms with Crippen molar-refractivity contribution >= 4 is 34.4 Å². The summed E-state index contributed by atoms with van der Waals surface area (Å²) < 4.78 is 14.5. The Labute approximate surface area is 178 Å². The van der Waals surface area contributed by atoms with Gasteiger partial charge in [0.2, 0.25) is 5.95 Å². The van der Waals surface area contributed by atoms with Gasteiger partial charge in [-0.15, -0.1) is 0 Å². The fraction of sp³-hybridized carbons (Fsp3) is 0.238. The maximum Gasteiger partial charge on any atom is 0.233 e. The molecule has 4 aromatic rings. The fourth-order valence-electron chi connectivity index (χ4n) is 2.99. The minimum atomic E-state index is 0.329. The predicted molar refractivity (Wildman–Crippen MR) is 115 cm³/mol. The molecule has 4 rings (SSSR count). The zero-order valence-electron chi connectivity index (χ0n) is 16.2. The molecular formula is C21H21ClN4O2S. The lowest BCUT2D eigenvalue weighted by Crippen LogP contribution is -2.12. The minimum absolute atomic E-state index is 0.329. The van der Waals surface area contributed by atoms with E-state index in [-0.39, 0.29) is 0 Å². The number of methoxy groups -OCH3 is 1. The third kappa shape index (κ3) is 4.48. The average Bonchev–Trinajstić information content (AvgIpc) is 3.34. The van der Waals surface area contributed by atoms with Crippen LogP contribution in [-0.4, -0.2) is 39.7 Å². The topological polar surface area (TPSA) is 54.1 Å². The van der Waals surface area contributed by atoms with E-state index in [4.69, 9.17) is 26.1 Å². The zero-order valence-corrected chi connectivity index (χ0v) is 17.8. The Kier molecular flexibility index (Phi) is 6.20. The lowest BCUT2D eigenvalue weighted by Gasteiger charge is -2.10. The Hall–Kier alpha value is -2.32. The van der Waals surface area contributed by atoms with E-state index in [1.54, 1.807) is 29.8 Å². The fourth-order valence-corrected chi connectivity index (χ4v) is 4.23. The Bertz CT molecular complexity index is 1110. The molecular weight excluding hydrogens is 408 g/mol. The zero-order chi connectivity index (χ0) is 20.2. The molecule has 0 fully saturated rings. The van der Waals surface area contributed by atoms with E-state index in [1.165, 1.54) is 5.56 Å². The molecule has 6 nitrogen and oxygen atoms in total. The largest absolute Gasteiger partial charge is 0.382 e. The first-order chi connectivity index (χ1) is 14.2. The number of ether oxygens (including phenoxy) is 2. The summed E-state index contributed by atoms with van der Waals surface area (Å²) in [4.78, 5) is 6.89. The highest BCUT2D eigenvalue weighted by molar-refractivity contribution is 7.99. The maximum atomic E-state index is 6.64. The molecule has 2 aromatic carbocycles. The first-order valence-corrected chi connectivity index (χ1v) is 10.4. The second kappa shape index (κ2) is 9.00. The van der Waals surface area contributed by atoms with E-state index in [9.17, 15) is 0 Å². The van der Waals surface area contributed by atoms with Crippen molar-refractivity contribution in [3.05, 3.63) is 65.4 Å². The summed E-state index contributed by atoms with van der Waals surface area (Å²) in [5, 5.41) is 5.00. The lowest BCUT2D eigenvalue weighted by atomic mass is 10.2. The van der Waals surface area contributed by atoms with Gasteiger partial charge in [0, 0.05) is 29.3 Å². The van der Waals surface area contributed by atoms with Crippen LogP contribution < -0.4 is 0 Å². The second-order valence-corrected chi connectivity index (χ2v) is 8.03. The summed E-state index contributed by atoms with van der Waals surface area (Å²) in [6.45, 7) is 3.43. The number of halogens is 1. The van der Waals surface area contributed by atoms with Gasteiger partial charge in [0.1, 0.15) is 6.73 Å². The summed E-state index contributed by atoms with van der Waals surface area (Å²) in [5.41, 5.74) is 2.95. The Balaban J connectivity index is 1.72. The predicted octanol–water partition coefficient (Wildman–Crippen LogP) is 4.96. The van der Waals surface area contributed by atoms with Crippen molar-refractivity contribution in [1.29, 1.82) is 0 Å². The summed E-state index contributed by atoms with van der Waals surface area (Å²) in [7, 11) is 1.65. The molecule has 0 saturated carbocycles. The summed E-state index contributed by atoms with van der Waals surface area (Å²) in [6, 6.07) is 14.2. The van der Waals surface area contributed by atoms with Crippen LogP contribution in [0.1, 0.15) is 5.56 Å². The smallest absolute Gasteiger partial charge is 0.233 e. The van der Waals surface area contributed by atoms with Crippen LogP contribution in [0.2, 0.25) is 5.02 Å². The molecule has 0 amide bonds. The molecule has 0 aliphatic heterocycles. The Morgan fingerprint density at radius 1 is 1.14 bits per heavy atom. The molecule has 0 aliphatic rings. The minimum Gasteiger partial charge on any atom is -0.382 e. The molecule has 0 unspecified atom stereocenters. The molecule has 0 atom stereocenters. The number of fused-ring (bicyclic) bond motifs is 1. The van der Waals surface area contributed by atoms with Gasteiger partial charge in [0.25, 0.3) is 0 Å². The van der Waals surface area contributed by atoms with Crippen molar-refractivity contribution in [2.75, 3.05) is 20.3 Å². The number of nitrogens with zero attached hydrogens (tertiary/aromatic N) is 4. The van der Waals surface area contributed by atoms with Crippen molar-refractivity contribution < 1.29 is 9.47 Å². The van der Waals surface area contributed by atoms with Crippen LogP contribution in [-0.2, 0) is 16.2 Å². The van der Waals surface area contributed by atoms with Gasteiger partial charge in [-0.05, 0) is 37.3 Å². The molecule has 0 spiro atoms. The van der Waals surface area contributed by atoms with Gasteiger partial charge in [-0.25, -0.2) is 9.67 Å². The number of aryl methyl sites for hydroxylation is 1. The summed E-state index contributed by atoms with van der Waals surface area (Å²) >= 11 is 8.27. The van der Waals surface area contributed by atoms with E-state index in [2.05, 4.69) is 30.2 Å². The Morgan fingerprint density at radius 3 is 2.79 bits per heavy atom. The molecule has 150 valence electrons. The van der Waals surface area contributed by atoms with Gasteiger partial charge in [0.15, 0.2) is 0 Å². The van der Waals surface area contributed by atoms with Gasteiger partial charge in [-0.3, -0.25) is 4.57 Å². The maximum absolute atomic E-state index is 6.64. The Morgan fingerprint density at radius 2 is 2.03 bits per heavy atom. The van der Waals surface area contributed by atoms with Crippen molar-refractivity contribution in [1.82, 2.24) is 19.3 Å². The molecule has 2 aromatic heterocycles. The SMILES string of the molecule is COCCOCn1c(-n2cccn2)nc2cc(Sc3cccc(C)c3)c(Cl)cc21. The van der Waals surface area contributed by atoms with Gasteiger partial charge in [-0.1, -0.05) is 41.1 Å². The highest BCUT2D eigenvalue weighted by Gasteiger charge is 2.16. The van der Waals surface area contributed by atoms with Crippen LogP contribution >= 0.6 is 23.4 Å². The average molecular weight is 429 g/mol. The summed E-state index contributed by atoms with van der Waals surface area (Å²) in [5.74, 6) is 0.677. The molecule has 0 N–H and O–H groups in total. The monoisotopic (exact) mass is 428 g/mol. The van der Waals surface area contributed by atoms with Gasteiger partial charge in [0.05, 0.1) is 29.3 Å². The van der Waals surface area contributed by atoms with Gasteiger partial charge >= 0.3 is 0 Å². The van der Waals surface area contributed by atoms with Crippen molar-refractivity contribution in [3.8, 4) is 5.95 Å². The van der Waals surface area contributed by atoms with Gasteiger partial charge < -0.3 is 9.47 Å². The summed E-state index contributed by atoms with van der Waals surface area (Å²) in [6.07, 6.45) is 3.58. The lowest BCUT2D eigenvalue weighted by molar-refractivity contribution is 0.0356. The van der Waals surface area contributed by atoms with E-state index < -0.39 is 0 Å². The molecule has 0 saturated heterocycles. The first kappa shape index (κ1) is 20.0. The highest BCUT2D eigenvalue weighted by atomic mass is 35.5. The van der Waals surface area contributed by atoms with Gasteiger partial charge in [-0.2, -0.15) is 5.10 Å². The van der Waals surface area contributed by atoms with Crippen LogP contribution in [0.15, 0.2) is 64.6 Å². The third-order valence-electron chi connectivity index (χ3n) is 4.36. The number of imidazole rings is 1. The van der Waals surface area contributed by atoms with Crippen LogP contribution in [0.25, 0.3) is 17.0 Å². The van der Waals surface area contributed by atoms with Crippen molar-refractivity contribution in [3.63, 3.8) is 0 Å². The highest BCUT2D eigenvalue weighted by Crippen LogP contribution is 2.36. The molecule has 0 radical (unpaired) electrons. The number of hydrogen-bond acceptors (Lipinski definition) is 5. The molecule has 0 bridgehead atoms. The van der Waals surface area contributed by atoms with Crippen LogP contribution in [0.3, 0.4) is 0 Å². The number of rotatable bonds is 8. The third-order valence-corrected chi connectivity index (χ3v) is 5.83. The molecule has 0 aliphatic carbocycles. The van der Waals surface area contributed by atoms with Crippen LogP contribution in [0.5, 0.6) is 0 Å². The number of hydrogen-bond donors (Lipinski definition) is 0. The van der Waals surface area contributed by atoms with E-state index in [0.717, 1.165) is 20.8 Å². The molecule has 8 heteroatoms. The van der Waals surface area contributed by atoms with Crippen LogP contribution in [0, 0.1) is 6.92 Å². The van der Waals surface area contributed by atoms with E-state index in [0.29, 0.717) is 30.9 Å². The quantitative estimate of drug-likeness (QED) is 0.371. The number of aromatic nitrogens is 4. The van der Waals surface area contributed by atoms with Crippen molar-refractivity contribution in [2.45, 2.75) is 23.4 Å². The standard InChI is InChI=1S/C21H21ClN4O2S/c1-15-5-3-6-16(11-15)29-20-13-18-19(12-17(20)22)25(14-28-10-9-27-2)21(24-18)26-8-4-7-23-26/h3-8,11-13H,9-10,14H2,1-2H3. The second-order valence-electron chi connectivity index (χ2n) is 6.51. The van der Waals surface area contributed by atoms with E-state index >= 15 is 0 Å². The van der Waals surface area contributed by atoms with Crippen molar-refractivity contribution in [2.24, 2.45) is 0 Å². The first-order valence-electron chi connectivity index (χ1n) is 9.16. The van der Waals surface area contributed by atoms with Crippen LogP contribution in [0.4, 0.5) is 0 Å². The molecule has 29 heavy (non-hydrogen) atoms.